The standard InChI is InChI=1S/C89H171NO5/c1-3-5-7-9-11-13-15-17-19-21-23-24-42-46-49-53-57-61-65-69-73-77-81-87(92)86(85-91)90-88(93)82-78-74-70-66-62-58-54-50-47-43-40-38-36-34-32-30-28-26-25-27-29-31-33-35-37-39-41-44-48-52-56-60-64-68-72-76-80-84-95-89(94)83-79-75-71-67-63-59-55-51-45-22-20-18-16-14-12-10-8-6-4-2/h12,14,18,20,25,27,86-87,91-92H,3-11,13,15-17,19,21-24,26,28-85H2,1-2H3,(H,90,93)/b14-12-,20-18-,27-25-. The van der Waals surface area contributed by atoms with E-state index < -0.39 is 12.1 Å². The molecule has 6 heteroatoms. The summed E-state index contributed by atoms with van der Waals surface area (Å²) in [4.78, 5) is 24.7. The molecule has 1 amide bonds. The zero-order valence-corrected chi connectivity index (χ0v) is 64.7. The number of rotatable bonds is 83. The van der Waals surface area contributed by atoms with Crippen molar-refractivity contribution in [2.45, 2.75) is 508 Å². The summed E-state index contributed by atoms with van der Waals surface area (Å²) < 4.78 is 5.52. The highest BCUT2D eigenvalue weighted by atomic mass is 16.5. The van der Waals surface area contributed by atoms with Crippen LogP contribution >= 0.6 is 0 Å². The first-order valence-corrected chi connectivity index (χ1v) is 43.7. The lowest BCUT2D eigenvalue weighted by atomic mass is 10.0. The van der Waals surface area contributed by atoms with Crippen molar-refractivity contribution in [2.75, 3.05) is 13.2 Å². The lowest BCUT2D eigenvalue weighted by Crippen LogP contribution is -2.45. The average Bonchev–Trinajstić information content (AvgIpc) is 3.35. The van der Waals surface area contributed by atoms with E-state index in [9.17, 15) is 19.8 Å². The SMILES string of the molecule is CCCCC/C=C\C/C=C\CCCCCCCCCCCC(=O)OCCCCCCCCCCCCCCCCCC/C=C\CCCCCCCCCCCCCCCCCCCC(=O)NC(CO)C(O)CCCCCCCCCCCCCCCCCCCCCCCC. The van der Waals surface area contributed by atoms with E-state index in [1.54, 1.807) is 0 Å². The van der Waals surface area contributed by atoms with Crippen LogP contribution in [0.2, 0.25) is 0 Å². The number of amides is 1. The molecule has 0 bridgehead atoms. The summed E-state index contributed by atoms with van der Waals surface area (Å²) in [6.45, 7) is 4.99. The third-order valence-electron chi connectivity index (χ3n) is 20.7. The minimum Gasteiger partial charge on any atom is -0.466 e. The molecule has 0 radical (unpaired) electrons. The predicted octanol–water partition coefficient (Wildman–Crippen LogP) is 29.3. The molecule has 0 saturated carbocycles. The third kappa shape index (κ3) is 80.9. The summed E-state index contributed by atoms with van der Waals surface area (Å²) in [6.07, 6.45) is 111. The molecule has 562 valence electrons. The summed E-state index contributed by atoms with van der Waals surface area (Å²) in [7, 11) is 0. The number of hydrogen-bond acceptors (Lipinski definition) is 5. The molecule has 95 heavy (non-hydrogen) atoms. The molecule has 0 rings (SSSR count). The summed E-state index contributed by atoms with van der Waals surface area (Å²) >= 11 is 0. The van der Waals surface area contributed by atoms with Gasteiger partial charge in [0.2, 0.25) is 5.91 Å². The van der Waals surface area contributed by atoms with Gasteiger partial charge in [-0.15, -0.1) is 0 Å². The van der Waals surface area contributed by atoms with Gasteiger partial charge in [-0.2, -0.15) is 0 Å². The Morgan fingerprint density at radius 1 is 0.295 bits per heavy atom. The number of allylic oxidation sites excluding steroid dienone is 6. The molecule has 0 aromatic carbocycles. The van der Waals surface area contributed by atoms with Crippen molar-refractivity contribution in [3.8, 4) is 0 Å². The van der Waals surface area contributed by atoms with Crippen molar-refractivity contribution < 1.29 is 24.5 Å². The van der Waals surface area contributed by atoms with Crippen molar-refractivity contribution in [3.05, 3.63) is 36.5 Å². The zero-order valence-electron chi connectivity index (χ0n) is 64.7. The molecule has 0 aliphatic heterocycles. The van der Waals surface area contributed by atoms with Crippen LogP contribution in [0, 0.1) is 0 Å². The first kappa shape index (κ1) is 93.1. The van der Waals surface area contributed by atoms with Crippen LogP contribution in [0.15, 0.2) is 36.5 Å². The molecule has 6 nitrogen and oxygen atoms in total. The summed E-state index contributed by atoms with van der Waals surface area (Å²) in [5.41, 5.74) is 0. The predicted molar refractivity (Wildman–Crippen MR) is 421 cm³/mol. The molecular formula is C89H171NO5. The summed E-state index contributed by atoms with van der Waals surface area (Å²) in [5.74, 6) is -0.00657. The van der Waals surface area contributed by atoms with Gasteiger partial charge >= 0.3 is 5.97 Å². The molecule has 0 heterocycles. The lowest BCUT2D eigenvalue weighted by Gasteiger charge is -2.22. The average molecular weight is 1340 g/mol. The van der Waals surface area contributed by atoms with E-state index in [1.807, 2.05) is 0 Å². The second-order valence-electron chi connectivity index (χ2n) is 30.2. The van der Waals surface area contributed by atoms with Crippen LogP contribution in [0.1, 0.15) is 495 Å². The van der Waals surface area contributed by atoms with E-state index in [4.69, 9.17) is 4.74 Å². The number of carbonyl (C=O) groups excluding carboxylic acids is 2. The van der Waals surface area contributed by atoms with E-state index in [1.165, 1.54) is 417 Å². The maximum atomic E-state index is 12.6. The largest absolute Gasteiger partial charge is 0.466 e. The molecular weight excluding hydrogens is 1160 g/mol. The van der Waals surface area contributed by atoms with Crippen molar-refractivity contribution in [3.63, 3.8) is 0 Å². The Morgan fingerprint density at radius 3 is 0.832 bits per heavy atom. The van der Waals surface area contributed by atoms with E-state index in [2.05, 4.69) is 55.6 Å². The van der Waals surface area contributed by atoms with E-state index in [0.29, 0.717) is 25.9 Å². The Hall–Kier alpha value is -1.92. The van der Waals surface area contributed by atoms with Crippen LogP contribution in [0.5, 0.6) is 0 Å². The number of hydrogen-bond donors (Lipinski definition) is 3. The highest BCUT2D eigenvalue weighted by molar-refractivity contribution is 5.76. The Morgan fingerprint density at radius 2 is 0.526 bits per heavy atom. The normalized spacial score (nSPS) is 12.6. The third-order valence-corrected chi connectivity index (χ3v) is 20.7. The smallest absolute Gasteiger partial charge is 0.305 e. The van der Waals surface area contributed by atoms with Gasteiger partial charge in [0.25, 0.3) is 0 Å². The van der Waals surface area contributed by atoms with Crippen LogP contribution in [0.25, 0.3) is 0 Å². The van der Waals surface area contributed by atoms with Crippen LogP contribution < -0.4 is 5.32 Å². The van der Waals surface area contributed by atoms with Gasteiger partial charge in [-0.1, -0.05) is 436 Å². The summed E-state index contributed by atoms with van der Waals surface area (Å²) in [5, 5.41) is 23.5. The van der Waals surface area contributed by atoms with Gasteiger partial charge in [0, 0.05) is 12.8 Å². The molecule has 0 spiro atoms. The molecule has 0 aromatic rings. The fraction of sp³-hybridized carbons (Fsp3) is 0.910. The Kier molecular flexibility index (Phi) is 82.8. The molecule has 0 aromatic heterocycles. The zero-order chi connectivity index (χ0) is 68.4. The monoisotopic (exact) mass is 1330 g/mol. The van der Waals surface area contributed by atoms with Gasteiger partial charge in [-0.25, -0.2) is 0 Å². The van der Waals surface area contributed by atoms with Crippen LogP contribution in [-0.4, -0.2) is 47.4 Å². The molecule has 0 saturated heterocycles. The van der Waals surface area contributed by atoms with Crippen molar-refractivity contribution in [1.82, 2.24) is 5.32 Å². The van der Waals surface area contributed by atoms with E-state index >= 15 is 0 Å². The van der Waals surface area contributed by atoms with E-state index in [0.717, 1.165) is 44.9 Å². The fourth-order valence-electron chi connectivity index (χ4n) is 14.0. The lowest BCUT2D eigenvalue weighted by molar-refractivity contribution is -0.143. The number of esters is 1. The van der Waals surface area contributed by atoms with Gasteiger partial charge < -0.3 is 20.3 Å². The summed E-state index contributed by atoms with van der Waals surface area (Å²) in [6, 6.07) is -0.540. The Balaban J connectivity index is 3.33. The molecule has 0 aliphatic carbocycles. The second kappa shape index (κ2) is 84.5. The number of unbranched alkanes of at least 4 members (excludes halogenated alkanes) is 66. The topological polar surface area (TPSA) is 95.9 Å². The Bertz CT molecular complexity index is 1540. The van der Waals surface area contributed by atoms with Crippen LogP contribution in [0.4, 0.5) is 0 Å². The van der Waals surface area contributed by atoms with Crippen LogP contribution in [-0.2, 0) is 14.3 Å². The minimum atomic E-state index is -0.663. The Labute approximate surface area is 595 Å². The fourth-order valence-corrected chi connectivity index (χ4v) is 14.0. The van der Waals surface area contributed by atoms with Gasteiger partial charge in [0.15, 0.2) is 0 Å². The van der Waals surface area contributed by atoms with Gasteiger partial charge in [-0.05, 0) is 83.5 Å². The molecule has 2 unspecified atom stereocenters. The number of aliphatic hydroxyl groups is 2. The van der Waals surface area contributed by atoms with E-state index in [-0.39, 0.29) is 18.5 Å². The highest BCUT2D eigenvalue weighted by Gasteiger charge is 2.20. The van der Waals surface area contributed by atoms with Gasteiger partial charge in [0.05, 0.1) is 25.4 Å². The number of carbonyl (C=O) groups is 2. The number of aliphatic hydroxyl groups excluding tert-OH is 2. The first-order valence-electron chi connectivity index (χ1n) is 43.7. The molecule has 2 atom stereocenters. The van der Waals surface area contributed by atoms with Crippen molar-refractivity contribution >= 4 is 11.9 Å². The number of nitrogens with one attached hydrogen (secondary N) is 1. The van der Waals surface area contributed by atoms with Gasteiger partial charge in [-0.3, -0.25) is 9.59 Å². The first-order chi connectivity index (χ1) is 47.0. The van der Waals surface area contributed by atoms with Crippen molar-refractivity contribution in [2.24, 2.45) is 0 Å². The minimum absolute atomic E-state index is 0.0186. The van der Waals surface area contributed by atoms with Crippen LogP contribution in [0.3, 0.4) is 0 Å². The van der Waals surface area contributed by atoms with Crippen molar-refractivity contribution in [1.29, 1.82) is 0 Å². The van der Waals surface area contributed by atoms with Gasteiger partial charge in [0.1, 0.15) is 0 Å². The molecule has 3 N–H and O–H groups in total. The number of ether oxygens (including phenoxy) is 1. The second-order valence-corrected chi connectivity index (χ2v) is 30.2. The molecule has 0 aliphatic rings. The highest BCUT2D eigenvalue weighted by Crippen LogP contribution is 2.21. The molecule has 0 fully saturated rings. The maximum absolute atomic E-state index is 12.6. The quantitative estimate of drug-likeness (QED) is 0.0320. The maximum Gasteiger partial charge on any atom is 0.305 e.